The molecule has 0 bridgehead atoms. The number of benzene rings is 1. The van der Waals surface area contributed by atoms with Crippen molar-refractivity contribution in [1.29, 1.82) is 0 Å². The molecule has 1 fully saturated rings. The molecular formula is C15H20ClNO2. The summed E-state index contributed by atoms with van der Waals surface area (Å²) < 4.78 is 5.57. The van der Waals surface area contributed by atoms with Crippen LogP contribution in [0.3, 0.4) is 0 Å². The van der Waals surface area contributed by atoms with Gasteiger partial charge >= 0.3 is 0 Å². The van der Waals surface area contributed by atoms with Crippen LogP contribution in [-0.4, -0.2) is 18.6 Å². The Hall–Kier alpha value is -1.06. The molecule has 1 saturated heterocycles. The molecular weight excluding hydrogens is 262 g/mol. The Morgan fingerprint density at radius 2 is 2.21 bits per heavy atom. The zero-order valence-corrected chi connectivity index (χ0v) is 12.2. The number of ether oxygens (including phenoxy) is 1. The lowest BCUT2D eigenvalue weighted by atomic mass is 10.1. The number of carbonyl (C=O) groups is 1. The highest BCUT2D eigenvalue weighted by molar-refractivity contribution is 6.34. The Morgan fingerprint density at radius 3 is 2.84 bits per heavy atom. The van der Waals surface area contributed by atoms with Gasteiger partial charge in [0.05, 0.1) is 23.2 Å². The van der Waals surface area contributed by atoms with Crippen LogP contribution in [0.25, 0.3) is 0 Å². The summed E-state index contributed by atoms with van der Waals surface area (Å²) in [7, 11) is 0. The maximum atomic E-state index is 12.0. The highest BCUT2D eigenvalue weighted by Gasteiger charge is 2.18. The first-order valence-electron chi connectivity index (χ1n) is 6.74. The Kier molecular flexibility index (Phi) is 4.83. The molecule has 1 unspecified atom stereocenters. The van der Waals surface area contributed by atoms with Crippen molar-refractivity contribution in [3.8, 4) is 0 Å². The molecule has 2 rings (SSSR count). The molecule has 0 spiro atoms. The summed E-state index contributed by atoms with van der Waals surface area (Å²) in [5.41, 5.74) is 2.80. The standard InChI is InChI=1S/C15H20ClNO2/c1-10-7-11(2)15(13(16)8-10)17-14(18)9-12-5-3-4-6-19-12/h7-8,12H,3-6,9H2,1-2H3,(H,17,18). The van der Waals surface area contributed by atoms with Crippen molar-refractivity contribution in [3.63, 3.8) is 0 Å². The van der Waals surface area contributed by atoms with E-state index < -0.39 is 0 Å². The molecule has 0 saturated carbocycles. The number of amides is 1. The SMILES string of the molecule is Cc1cc(C)c(NC(=O)CC2CCCCO2)c(Cl)c1. The second-order valence-electron chi connectivity index (χ2n) is 5.18. The number of rotatable bonds is 3. The van der Waals surface area contributed by atoms with Crippen LogP contribution in [0.1, 0.15) is 36.8 Å². The van der Waals surface area contributed by atoms with Crippen LogP contribution >= 0.6 is 11.6 Å². The zero-order valence-electron chi connectivity index (χ0n) is 11.5. The summed E-state index contributed by atoms with van der Waals surface area (Å²) in [5, 5.41) is 3.50. The molecule has 0 aromatic heterocycles. The van der Waals surface area contributed by atoms with Gasteiger partial charge in [0.1, 0.15) is 0 Å². The van der Waals surface area contributed by atoms with E-state index in [1.165, 1.54) is 0 Å². The van der Waals surface area contributed by atoms with Crippen molar-refractivity contribution in [2.45, 2.75) is 45.6 Å². The monoisotopic (exact) mass is 281 g/mol. The topological polar surface area (TPSA) is 38.3 Å². The average molecular weight is 282 g/mol. The highest BCUT2D eigenvalue weighted by Crippen LogP contribution is 2.27. The van der Waals surface area contributed by atoms with E-state index >= 15 is 0 Å². The smallest absolute Gasteiger partial charge is 0.227 e. The Bertz CT molecular complexity index is 444. The van der Waals surface area contributed by atoms with E-state index in [9.17, 15) is 4.79 Å². The van der Waals surface area contributed by atoms with E-state index in [0.29, 0.717) is 17.1 Å². The second-order valence-corrected chi connectivity index (χ2v) is 5.59. The summed E-state index contributed by atoms with van der Waals surface area (Å²) in [6.07, 6.45) is 3.67. The molecule has 1 amide bonds. The first-order valence-corrected chi connectivity index (χ1v) is 7.12. The van der Waals surface area contributed by atoms with Crippen molar-refractivity contribution in [2.24, 2.45) is 0 Å². The molecule has 0 aliphatic carbocycles. The normalized spacial score (nSPS) is 19.2. The van der Waals surface area contributed by atoms with E-state index in [4.69, 9.17) is 16.3 Å². The molecule has 1 N–H and O–H groups in total. The predicted octanol–water partition coefficient (Wildman–Crippen LogP) is 3.85. The third-order valence-corrected chi connectivity index (χ3v) is 3.68. The zero-order chi connectivity index (χ0) is 13.8. The largest absolute Gasteiger partial charge is 0.378 e. The fourth-order valence-electron chi connectivity index (χ4n) is 2.44. The minimum atomic E-state index is -0.0271. The molecule has 19 heavy (non-hydrogen) atoms. The van der Waals surface area contributed by atoms with Crippen molar-refractivity contribution in [2.75, 3.05) is 11.9 Å². The lowest BCUT2D eigenvalue weighted by Crippen LogP contribution is -2.25. The van der Waals surface area contributed by atoms with Gasteiger partial charge in [-0.05, 0) is 50.3 Å². The van der Waals surface area contributed by atoms with Gasteiger partial charge in [-0.1, -0.05) is 17.7 Å². The second kappa shape index (κ2) is 6.40. The predicted molar refractivity (Wildman–Crippen MR) is 77.8 cm³/mol. The number of aryl methyl sites for hydroxylation is 2. The number of hydrogen-bond acceptors (Lipinski definition) is 2. The van der Waals surface area contributed by atoms with Crippen LogP contribution in [0.5, 0.6) is 0 Å². The number of hydrogen-bond donors (Lipinski definition) is 1. The Labute approximate surface area is 119 Å². The molecule has 1 aromatic rings. The summed E-state index contributed by atoms with van der Waals surface area (Å²) in [6, 6.07) is 3.87. The number of anilines is 1. The molecule has 1 aliphatic rings. The molecule has 3 nitrogen and oxygen atoms in total. The molecule has 104 valence electrons. The first-order chi connectivity index (χ1) is 9.06. The van der Waals surface area contributed by atoms with Gasteiger partial charge in [-0.2, -0.15) is 0 Å². The van der Waals surface area contributed by atoms with Gasteiger partial charge in [0.2, 0.25) is 5.91 Å². The molecule has 1 aliphatic heterocycles. The molecule has 1 aromatic carbocycles. The van der Waals surface area contributed by atoms with Crippen LogP contribution in [-0.2, 0) is 9.53 Å². The van der Waals surface area contributed by atoms with Crippen molar-refractivity contribution < 1.29 is 9.53 Å². The van der Waals surface area contributed by atoms with Crippen LogP contribution in [0.4, 0.5) is 5.69 Å². The third-order valence-electron chi connectivity index (χ3n) is 3.38. The maximum Gasteiger partial charge on any atom is 0.227 e. The lowest BCUT2D eigenvalue weighted by molar-refractivity contribution is -0.119. The van der Waals surface area contributed by atoms with E-state index in [2.05, 4.69) is 5.32 Å². The van der Waals surface area contributed by atoms with Gasteiger partial charge in [-0.25, -0.2) is 0 Å². The minimum Gasteiger partial charge on any atom is -0.378 e. The van der Waals surface area contributed by atoms with E-state index in [1.807, 2.05) is 26.0 Å². The summed E-state index contributed by atoms with van der Waals surface area (Å²) in [6.45, 7) is 4.70. The Balaban J connectivity index is 1.98. The van der Waals surface area contributed by atoms with Gasteiger partial charge in [0.15, 0.2) is 0 Å². The van der Waals surface area contributed by atoms with Gasteiger partial charge in [-0.15, -0.1) is 0 Å². The van der Waals surface area contributed by atoms with Gasteiger partial charge in [-0.3, -0.25) is 4.79 Å². The first kappa shape index (κ1) is 14.4. The van der Waals surface area contributed by atoms with Gasteiger partial charge in [0, 0.05) is 6.61 Å². The fourth-order valence-corrected chi connectivity index (χ4v) is 2.81. The number of halogens is 1. The van der Waals surface area contributed by atoms with Crippen LogP contribution in [0, 0.1) is 13.8 Å². The summed E-state index contributed by atoms with van der Waals surface area (Å²) in [4.78, 5) is 12.0. The van der Waals surface area contributed by atoms with Crippen molar-refractivity contribution >= 4 is 23.2 Å². The van der Waals surface area contributed by atoms with Crippen LogP contribution in [0.2, 0.25) is 5.02 Å². The maximum absolute atomic E-state index is 12.0. The number of nitrogens with one attached hydrogen (secondary N) is 1. The quantitative estimate of drug-likeness (QED) is 0.914. The minimum absolute atomic E-state index is 0.0271. The van der Waals surface area contributed by atoms with Crippen molar-refractivity contribution in [3.05, 3.63) is 28.3 Å². The van der Waals surface area contributed by atoms with Crippen LogP contribution in [0.15, 0.2) is 12.1 Å². The highest BCUT2D eigenvalue weighted by atomic mass is 35.5. The summed E-state index contributed by atoms with van der Waals surface area (Å²) in [5.74, 6) is -0.0271. The fraction of sp³-hybridized carbons (Fsp3) is 0.533. The van der Waals surface area contributed by atoms with Gasteiger partial charge in [0.25, 0.3) is 0 Å². The summed E-state index contributed by atoms with van der Waals surface area (Å²) >= 11 is 6.18. The van der Waals surface area contributed by atoms with E-state index in [-0.39, 0.29) is 12.0 Å². The lowest BCUT2D eigenvalue weighted by Gasteiger charge is -2.22. The average Bonchev–Trinajstić information content (AvgIpc) is 2.35. The van der Waals surface area contributed by atoms with Crippen LogP contribution < -0.4 is 5.32 Å². The molecule has 1 heterocycles. The van der Waals surface area contributed by atoms with Gasteiger partial charge < -0.3 is 10.1 Å². The molecule has 1 atom stereocenters. The van der Waals surface area contributed by atoms with Crippen molar-refractivity contribution in [1.82, 2.24) is 0 Å². The third kappa shape index (κ3) is 3.95. The Morgan fingerprint density at radius 1 is 1.42 bits per heavy atom. The molecule has 0 radical (unpaired) electrons. The van der Waals surface area contributed by atoms with E-state index in [0.717, 1.165) is 37.0 Å². The van der Waals surface area contributed by atoms with E-state index in [1.54, 1.807) is 0 Å². The molecule has 4 heteroatoms. The number of carbonyl (C=O) groups excluding carboxylic acids is 1.